The Kier molecular flexibility index (Phi) is 4.14. The molecule has 0 saturated carbocycles. The molecule has 6 heteroatoms. The van der Waals surface area contributed by atoms with Crippen LogP contribution in [0.25, 0.3) is 11.4 Å². The van der Waals surface area contributed by atoms with E-state index < -0.39 is 5.97 Å². The van der Waals surface area contributed by atoms with Crippen molar-refractivity contribution in [1.29, 1.82) is 0 Å². The molecule has 1 aromatic heterocycles. The van der Waals surface area contributed by atoms with Gasteiger partial charge in [-0.2, -0.15) is 0 Å². The van der Waals surface area contributed by atoms with Crippen molar-refractivity contribution in [2.24, 2.45) is 0 Å². The summed E-state index contributed by atoms with van der Waals surface area (Å²) in [7, 11) is 1.55. The summed E-state index contributed by atoms with van der Waals surface area (Å²) in [5, 5.41) is 8.84. The van der Waals surface area contributed by atoms with Crippen LogP contribution in [0.1, 0.15) is 17.3 Å². The number of aromatic nitrogens is 2. The zero-order valence-electron chi connectivity index (χ0n) is 11.2. The maximum absolute atomic E-state index is 10.8. The SMILES string of the molecule is CCOc1c(OC)cccc1-c1ncc(C(=O)O)cn1. The molecule has 0 fully saturated rings. The fourth-order valence-electron chi connectivity index (χ4n) is 1.72. The number of hydrogen-bond donors (Lipinski definition) is 1. The van der Waals surface area contributed by atoms with Crippen LogP contribution in [0.5, 0.6) is 11.5 Å². The first-order chi connectivity index (χ1) is 9.67. The van der Waals surface area contributed by atoms with E-state index in [-0.39, 0.29) is 5.56 Å². The third-order valence-corrected chi connectivity index (χ3v) is 2.63. The Hall–Kier alpha value is -2.63. The lowest BCUT2D eigenvalue weighted by Gasteiger charge is -2.13. The van der Waals surface area contributed by atoms with Crippen LogP contribution in [-0.4, -0.2) is 34.8 Å². The Morgan fingerprint density at radius 2 is 2.00 bits per heavy atom. The van der Waals surface area contributed by atoms with Gasteiger partial charge in [-0.15, -0.1) is 0 Å². The average Bonchev–Trinajstić information content (AvgIpc) is 2.48. The van der Waals surface area contributed by atoms with Crippen LogP contribution in [0.4, 0.5) is 0 Å². The fourth-order valence-corrected chi connectivity index (χ4v) is 1.72. The van der Waals surface area contributed by atoms with E-state index in [2.05, 4.69) is 9.97 Å². The summed E-state index contributed by atoms with van der Waals surface area (Å²) in [6.45, 7) is 2.34. The predicted octanol–water partition coefficient (Wildman–Crippen LogP) is 2.25. The Balaban J connectivity index is 2.48. The van der Waals surface area contributed by atoms with Gasteiger partial charge in [0, 0.05) is 12.4 Å². The number of aromatic carboxylic acids is 1. The molecule has 0 amide bonds. The van der Waals surface area contributed by atoms with Crippen molar-refractivity contribution < 1.29 is 19.4 Å². The summed E-state index contributed by atoms with van der Waals surface area (Å²) in [5.74, 6) is 0.445. The lowest BCUT2D eigenvalue weighted by Crippen LogP contribution is -2.02. The number of carboxylic acid groups (broad SMARTS) is 1. The molecule has 0 aliphatic carbocycles. The van der Waals surface area contributed by atoms with E-state index in [4.69, 9.17) is 14.6 Å². The lowest BCUT2D eigenvalue weighted by molar-refractivity contribution is 0.0696. The van der Waals surface area contributed by atoms with Crippen LogP contribution in [0.2, 0.25) is 0 Å². The average molecular weight is 274 g/mol. The number of methoxy groups -OCH3 is 1. The molecule has 1 heterocycles. The molecule has 0 spiro atoms. The number of carboxylic acids is 1. The van der Waals surface area contributed by atoms with Crippen LogP contribution in [0, 0.1) is 0 Å². The van der Waals surface area contributed by atoms with Gasteiger partial charge < -0.3 is 14.6 Å². The zero-order chi connectivity index (χ0) is 14.5. The largest absolute Gasteiger partial charge is 0.493 e. The van der Waals surface area contributed by atoms with E-state index in [9.17, 15) is 4.79 Å². The molecule has 20 heavy (non-hydrogen) atoms. The van der Waals surface area contributed by atoms with Gasteiger partial charge in [0.2, 0.25) is 0 Å². The Labute approximate surface area is 116 Å². The molecule has 1 aromatic carbocycles. The number of rotatable bonds is 5. The van der Waals surface area contributed by atoms with Crippen LogP contribution in [-0.2, 0) is 0 Å². The van der Waals surface area contributed by atoms with E-state index >= 15 is 0 Å². The van der Waals surface area contributed by atoms with E-state index in [1.165, 1.54) is 12.4 Å². The second-order valence-electron chi connectivity index (χ2n) is 3.87. The minimum atomic E-state index is -1.06. The Morgan fingerprint density at radius 1 is 1.30 bits per heavy atom. The van der Waals surface area contributed by atoms with Gasteiger partial charge in [-0.05, 0) is 19.1 Å². The maximum Gasteiger partial charge on any atom is 0.338 e. The predicted molar refractivity (Wildman–Crippen MR) is 72.1 cm³/mol. The number of carbonyl (C=O) groups is 1. The zero-order valence-corrected chi connectivity index (χ0v) is 11.2. The van der Waals surface area contributed by atoms with Crippen LogP contribution >= 0.6 is 0 Å². The van der Waals surface area contributed by atoms with Crippen LogP contribution in [0.15, 0.2) is 30.6 Å². The third-order valence-electron chi connectivity index (χ3n) is 2.63. The molecule has 0 aliphatic rings. The molecular formula is C14H14N2O4. The molecule has 0 bridgehead atoms. The number of nitrogens with zero attached hydrogens (tertiary/aromatic N) is 2. The van der Waals surface area contributed by atoms with E-state index in [0.717, 1.165) is 0 Å². The summed E-state index contributed by atoms with van der Waals surface area (Å²) in [6.07, 6.45) is 2.53. The second kappa shape index (κ2) is 6.01. The normalized spacial score (nSPS) is 10.1. The van der Waals surface area contributed by atoms with Crippen molar-refractivity contribution >= 4 is 5.97 Å². The first-order valence-corrected chi connectivity index (χ1v) is 6.02. The number of benzene rings is 1. The van der Waals surface area contributed by atoms with Gasteiger partial charge in [-0.3, -0.25) is 0 Å². The highest BCUT2D eigenvalue weighted by Crippen LogP contribution is 2.36. The monoisotopic (exact) mass is 274 g/mol. The molecule has 0 radical (unpaired) electrons. The highest BCUT2D eigenvalue weighted by Gasteiger charge is 2.14. The molecule has 0 saturated heterocycles. The number of para-hydroxylation sites is 1. The lowest BCUT2D eigenvalue weighted by atomic mass is 10.1. The van der Waals surface area contributed by atoms with Crippen molar-refractivity contribution in [3.8, 4) is 22.9 Å². The molecule has 104 valence electrons. The quantitative estimate of drug-likeness (QED) is 0.900. The van der Waals surface area contributed by atoms with Crippen LogP contribution in [0.3, 0.4) is 0 Å². The van der Waals surface area contributed by atoms with E-state index in [1.54, 1.807) is 25.3 Å². The summed E-state index contributed by atoms with van der Waals surface area (Å²) in [6, 6.07) is 5.37. The molecular weight excluding hydrogens is 260 g/mol. The minimum absolute atomic E-state index is 0.0367. The van der Waals surface area contributed by atoms with Gasteiger partial charge in [0.1, 0.15) is 0 Å². The standard InChI is InChI=1S/C14H14N2O4/c1-3-20-12-10(5-4-6-11(12)19-2)13-15-7-9(8-16-13)14(17)18/h4-8H,3H2,1-2H3,(H,17,18). The summed E-state index contributed by atoms with van der Waals surface area (Å²) in [5.41, 5.74) is 0.692. The summed E-state index contributed by atoms with van der Waals surface area (Å²) in [4.78, 5) is 18.9. The smallest absolute Gasteiger partial charge is 0.338 e. The molecule has 1 N–H and O–H groups in total. The molecule has 2 aromatic rings. The highest BCUT2D eigenvalue weighted by atomic mass is 16.5. The fraction of sp³-hybridized carbons (Fsp3) is 0.214. The molecule has 2 rings (SSSR count). The second-order valence-corrected chi connectivity index (χ2v) is 3.87. The molecule has 0 atom stereocenters. The number of ether oxygens (including phenoxy) is 2. The maximum atomic E-state index is 10.8. The Morgan fingerprint density at radius 3 is 2.55 bits per heavy atom. The first-order valence-electron chi connectivity index (χ1n) is 6.02. The topological polar surface area (TPSA) is 81.5 Å². The summed E-state index contributed by atoms with van der Waals surface area (Å²) < 4.78 is 10.8. The molecule has 0 unspecified atom stereocenters. The van der Waals surface area contributed by atoms with Crippen molar-refractivity contribution in [1.82, 2.24) is 9.97 Å². The first kappa shape index (κ1) is 13.8. The van der Waals surface area contributed by atoms with Gasteiger partial charge in [-0.1, -0.05) is 6.07 Å². The summed E-state index contributed by atoms with van der Waals surface area (Å²) >= 11 is 0. The van der Waals surface area contributed by atoms with Crippen molar-refractivity contribution in [3.05, 3.63) is 36.2 Å². The van der Waals surface area contributed by atoms with Gasteiger partial charge in [-0.25, -0.2) is 14.8 Å². The van der Waals surface area contributed by atoms with Crippen molar-refractivity contribution in [3.63, 3.8) is 0 Å². The third kappa shape index (κ3) is 2.69. The van der Waals surface area contributed by atoms with Crippen molar-refractivity contribution in [2.75, 3.05) is 13.7 Å². The van der Waals surface area contributed by atoms with Gasteiger partial charge in [0.25, 0.3) is 0 Å². The van der Waals surface area contributed by atoms with Gasteiger partial charge >= 0.3 is 5.97 Å². The molecule has 0 aliphatic heterocycles. The van der Waals surface area contributed by atoms with Crippen LogP contribution < -0.4 is 9.47 Å². The van der Waals surface area contributed by atoms with E-state index in [1.807, 2.05) is 6.92 Å². The minimum Gasteiger partial charge on any atom is -0.493 e. The Bertz CT molecular complexity index is 611. The number of hydrogen-bond acceptors (Lipinski definition) is 5. The van der Waals surface area contributed by atoms with Gasteiger partial charge in [0.05, 0.1) is 24.8 Å². The van der Waals surface area contributed by atoms with Crippen molar-refractivity contribution in [2.45, 2.75) is 6.92 Å². The highest BCUT2D eigenvalue weighted by molar-refractivity contribution is 5.87. The van der Waals surface area contributed by atoms with E-state index in [0.29, 0.717) is 29.5 Å². The van der Waals surface area contributed by atoms with Gasteiger partial charge in [0.15, 0.2) is 17.3 Å². The molecule has 6 nitrogen and oxygen atoms in total.